The lowest BCUT2D eigenvalue weighted by atomic mass is 10.3. The third-order valence-corrected chi connectivity index (χ3v) is 2.31. The predicted octanol–water partition coefficient (Wildman–Crippen LogP) is 0.871. The van der Waals surface area contributed by atoms with Crippen molar-refractivity contribution < 1.29 is 19.4 Å². The standard InChI is InChI=1S/C11H22N2O4/c1-4-17-9-8-13(3)11(16)12(2)7-5-6-10(14)15/h4-9H2,1-3H3,(H,14,15). The van der Waals surface area contributed by atoms with E-state index in [1.165, 1.54) is 4.90 Å². The van der Waals surface area contributed by atoms with E-state index in [2.05, 4.69) is 0 Å². The summed E-state index contributed by atoms with van der Waals surface area (Å²) in [4.78, 5) is 25.2. The van der Waals surface area contributed by atoms with Crippen molar-refractivity contribution in [1.82, 2.24) is 9.80 Å². The fourth-order valence-electron chi connectivity index (χ4n) is 1.30. The molecule has 0 radical (unpaired) electrons. The van der Waals surface area contributed by atoms with E-state index in [1.807, 2.05) is 6.92 Å². The number of hydrogen-bond acceptors (Lipinski definition) is 3. The molecule has 0 aliphatic carbocycles. The summed E-state index contributed by atoms with van der Waals surface area (Å²) in [5.41, 5.74) is 0. The summed E-state index contributed by atoms with van der Waals surface area (Å²) >= 11 is 0. The third kappa shape index (κ3) is 7.57. The Balaban J connectivity index is 3.81. The Morgan fingerprint density at radius 1 is 1.18 bits per heavy atom. The van der Waals surface area contributed by atoms with E-state index >= 15 is 0 Å². The van der Waals surface area contributed by atoms with Crippen LogP contribution in [-0.2, 0) is 9.53 Å². The first-order chi connectivity index (χ1) is 7.99. The Morgan fingerprint density at radius 2 is 1.76 bits per heavy atom. The molecular formula is C11H22N2O4. The Hall–Kier alpha value is -1.30. The maximum atomic E-state index is 11.8. The van der Waals surface area contributed by atoms with Crippen LogP contribution in [0.3, 0.4) is 0 Å². The molecule has 0 aliphatic heterocycles. The fourth-order valence-corrected chi connectivity index (χ4v) is 1.30. The lowest BCUT2D eigenvalue weighted by Gasteiger charge is -2.24. The number of ether oxygens (including phenoxy) is 1. The molecule has 0 heterocycles. The maximum absolute atomic E-state index is 11.8. The van der Waals surface area contributed by atoms with Crippen LogP contribution in [0, 0.1) is 0 Å². The molecule has 6 nitrogen and oxygen atoms in total. The number of rotatable bonds is 8. The molecule has 0 bridgehead atoms. The summed E-state index contributed by atoms with van der Waals surface area (Å²) in [6.45, 7) is 4.04. The molecule has 1 N–H and O–H groups in total. The highest BCUT2D eigenvalue weighted by atomic mass is 16.5. The Labute approximate surface area is 102 Å². The number of hydrogen-bond donors (Lipinski definition) is 1. The minimum Gasteiger partial charge on any atom is -0.481 e. The van der Waals surface area contributed by atoms with Crippen molar-refractivity contribution >= 4 is 12.0 Å². The largest absolute Gasteiger partial charge is 0.481 e. The van der Waals surface area contributed by atoms with Gasteiger partial charge in [-0.1, -0.05) is 0 Å². The van der Waals surface area contributed by atoms with Gasteiger partial charge in [-0.05, 0) is 13.3 Å². The maximum Gasteiger partial charge on any atom is 0.319 e. The highest BCUT2D eigenvalue weighted by Crippen LogP contribution is 1.98. The van der Waals surface area contributed by atoms with E-state index in [4.69, 9.17) is 9.84 Å². The van der Waals surface area contributed by atoms with Crippen LogP contribution in [0.1, 0.15) is 19.8 Å². The highest BCUT2D eigenvalue weighted by Gasteiger charge is 2.13. The van der Waals surface area contributed by atoms with Crippen LogP contribution in [0.2, 0.25) is 0 Å². The molecule has 17 heavy (non-hydrogen) atoms. The van der Waals surface area contributed by atoms with Gasteiger partial charge in [-0.15, -0.1) is 0 Å². The first-order valence-electron chi connectivity index (χ1n) is 5.74. The average molecular weight is 246 g/mol. The van der Waals surface area contributed by atoms with Gasteiger partial charge in [0.2, 0.25) is 0 Å². The topological polar surface area (TPSA) is 70.1 Å². The number of nitrogens with zero attached hydrogens (tertiary/aromatic N) is 2. The van der Waals surface area contributed by atoms with Gasteiger partial charge < -0.3 is 19.6 Å². The zero-order valence-corrected chi connectivity index (χ0v) is 10.8. The van der Waals surface area contributed by atoms with Gasteiger partial charge in [0.15, 0.2) is 0 Å². The summed E-state index contributed by atoms with van der Waals surface area (Å²) in [5, 5.41) is 8.49. The Kier molecular flexibility index (Phi) is 8.13. The highest BCUT2D eigenvalue weighted by molar-refractivity contribution is 5.73. The molecule has 0 saturated carbocycles. The van der Waals surface area contributed by atoms with Crippen LogP contribution in [0.4, 0.5) is 4.79 Å². The van der Waals surface area contributed by atoms with E-state index in [9.17, 15) is 9.59 Å². The molecule has 0 aromatic rings. The van der Waals surface area contributed by atoms with E-state index in [0.717, 1.165) is 0 Å². The van der Waals surface area contributed by atoms with Gasteiger partial charge in [0, 0.05) is 40.2 Å². The number of aliphatic carboxylic acids is 1. The number of carbonyl (C=O) groups is 2. The zero-order chi connectivity index (χ0) is 13.3. The molecule has 0 fully saturated rings. The third-order valence-electron chi connectivity index (χ3n) is 2.31. The minimum absolute atomic E-state index is 0.0836. The molecule has 0 aromatic heterocycles. The molecule has 2 amide bonds. The van der Waals surface area contributed by atoms with Gasteiger partial charge in [-0.2, -0.15) is 0 Å². The summed E-state index contributed by atoms with van der Waals surface area (Å²) in [6.07, 6.45) is 0.553. The van der Waals surface area contributed by atoms with Gasteiger partial charge in [0.25, 0.3) is 0 Å². The van der Waals surface area contributed by atoms with Gasteiger partial charge in [0.1, 0.15) is 0 Å². The number of urea groups is 1. The lowest BCUT2D eigenvalue weighted by Crippen LogP contribution is -2.40. The zero-order valence-electron chi connectivity index (χ0n) is 10.8. The first kappa shape index (κ1) is 15.7. The summed E-state index contributed by atoms with van der Waals surface area (Å²) in [5.74, 6) is -0.837. The van der Waals surface area contributed by atoms with Crippen LogP contribution in [0.5, 0.6) is 0 Å². The van der Waals surface area contributed by atoms with Crippen molar-refractivity contribution in [2.45, 2.75) is 19.8 Å². The molecular weight excluding hydrogens is 224 g/mol. The van der Waals surface area contributed by atoms with Gasteiger partial charge >= 0.3 is 12.0 Å². The van der Waals surface area contributed by atoms with Crippen LogP contribution in [0.25, 0.3) is 0 Å². The molecule has 0 saturated heterocycles. The van der Waals surface area contributed by atoms with Gasteiger partial charge in [0.05, 0.1) is 6.61 Å². The predicted molar refractivity (Wildman–Crippen MR) is 64.0 cm³/mol. The van der Waals surface area contributed by atoms with E-state index in [0.29, 0.717) is 32.7 Å². The van der Waals surface area contributed by atoms with E-state index in [-0.39, 0.29) is 12.5 Å². The van der Waals surface area contributed by atoms with Crippen molar-refractivity contribution in [3.8, 4) is 0 Å². The molecule has 0 spiro atoms. The second kappa shape index (κ2) is 8.81. The molecule has 0 aliphatic rings. The summed E-state index contributed by atoms with van der Waals surface area (Å²) in [6, 6.07) is -0.116. The van der Waals surface area contributed by atoms with Gasteiger partial charge in [-0.3, -0.25) is 4.79 Å². The Morgan fingerprint density at radius 3 is 2.29 bits per heavy atom. The number of carbonyl (C=O) groups excluding carboxylic acids is 1. The number of amides is 2. The molecule has 0 unspecified atom stereocenters. The number of likely N-dealkylation sites (N-methyl/N-ethyl adjacent to an activating group) is 1. The van der Waals surface area contributed by atoms with Crippen molar-refractivity contribution in [1.29, 1.82) is 0 Å². The van der Waals surface area contributed by atoms with Crippen LogP contribution in [0.15, 0.2) is 0 Å². The van der Waals surface area contributed by atoms with Crippen molar-refractivity contribution in [3.05, 3.63) is 0 Å². The number of carboxylic acid groups (broad SMARTS) is 1. The quantitative estimate of drug-likeness (QED) is 0.645. The smallest absolute Gasteiger partial charge is 0.319 e. The van der Waals surface area contributed by atoms with Crippen LogP contribution in [-0.4, -0.2) is 67.3 Å². The average Bonchev–Trinajstić information content (AvgIpc) is 2.27. The molecule has 6 heteroatoms. The second-order valence-electron chi connectivity index (χ2n) is 3.82. The van der Waals surface area contributed by atoms with Crippen molar-refractivity contribution in [3.63, 3.8) is 0 Å². The fraction of sp³-hybridized carbons (Fsp3) is 0.818. The minimum atomic E-state index is -0.837. The molecule has 0 aromatic carbocycles. The first-order valence-corrected chi connectivity index (χ1v) is 5.74. The lowest BCUT2D eigenvalue weighted by molar-refractivity contribution is -0.137. The SMILES string of the molecule is CCOCCN(C)C(=O)N(C)CCCC(=O)O. The van der Waals surface area contributed by atoms with Crippen molar-refractivity contribution in [2.75, 3.05) is 40.4 Å². The van der Waals surface area contributed by atoms with Gasteiger partial charge in [-0.25, -0.2) is 4.79 Å². The van der Waals surface area contributed by atoms with Crippen LogP contribution >= 0.6 is 0 Å². The Bertz CT molecular complexity index is 246. The normalized spacial score (nSPS) is 10.1. The molecule has 100 valence electrons. The molecule has 0 atom stereocenters. The van der Waals surface area contributed by atoms with Crippen LogP contribution < -0.4 is 0 Å². The van der Waals surface area contributed by atoms with E-state index < -0.39 is 5.97 Å². The molecule has 0 rings (SSSR count). The van der Waals surface area contributed by atoms with Crippen molar-refractivity contribution in [2.24, 2.45) is 0 Å². The number of carboxylic acids is 1. The second-order valence-corrected chi connectivity index (χ2v) is 3.82. The summed E-state index contributed by atoms with van der Waals surface area (Å²) in [7, 11) is 3.37. The summed E-state index contributed by atoms with van der Waals surface area (Å²) < 4.78 is 5.16. The van der Waals surface area contributed by atoms with E-state index in [1.54, 1.807) is 19.0 Å². The monoisotopic (exact) mass is 246 g/mol.